The molecule has 0 aromatic carbocycles. The number of amides is 1. The summed E-state index contributed by atoms with van der Waals surface area (Å²) in [5, 5.41) is 0. The van der Waals surface area contributed by atoms with Crippen molar-refractivity contribution in [2.24, 2.45) is 11.8 Å². The SMILES string of the molecule is CCc1nc(-c2ccnc(N(CC3CCC(c4ccc(OC)c(C)n4)CC3)C(=O)C3CCCCC3)c2)co1. The Morgan fingerprint density at radius 3 is 2.53 bits per heavy atom. The van der Waals surface area contributed by atoms with Gasteiger partial charge >= 0.3 is 0 Å². The Balaban J connectivity index is 1.33. The quantitative estimate of drug-likeness (QED) is 0.324. The van der Waals surface area contributed by atoms with Crippen LogP contribution >= 0.6 is 0 Å². The molecule has 2 aliphatic rings. The maximum absolute atomic E-state index is 13.9. The fourth-order valence-electron chi connectivity index (χ4n) is 6.11. The summed E-state index contributed by atoms with van der Waals surface area (Å²) in [6, 6.07) is 8.09. The summed E-state index contributed by atoms with van der Waals surface area (Å²) in [5.41, 5.74) is 3.83. The van der Waals surface area contributed by atoms with E-state index in [-0.39, 0.29) is 11.8 Å². The van der Waals surface area contributed by atoms with Crippen molar-refractivity contribution in [3.8, 4) is 17.0 Å². The van der Waals surface area contributed by atoms with Crippen LogP contribution in [0.3, 0.4) is 0 Å². The Kier molecular flexibility index (Phi) is 8.40. The average molecular weight is 517 g/mol. The molecule has 3 heterocycles. The van der Waals surface area contributed by atoms with Crippen molar-refractivity contribution in [2.75, 3.05) is 18.6 Å². The molecule has 0 spiro atoms. The van der Waals surface area contributed by atoms with Gasteiger partial charge in [-0.05, 0) is 75.6 Å². The second kappa shape index (κ2) is 12.1. The van der Waals surface area contributed by atoms with Gasteiger partial charge in [0.2, 0.25) is 5.91 Å². The number of aromatic nitrogens is 3. The van der Waals surface area contributed by atoms with E-state index in [0.717, 1.165) is 92.0 Å². The summed E-state index contributed by atoms with van der Waals surface area (Å²) in [5.74, 6) is 3.52. The normalized spacial score (nSPS) is 20.3. The number of hydrogen-bond acceptors (Lipinski definition) is 6. The summed E-state index contributed by atoms with van der Waals surface area (Å²) < 4.78 is 11.0. The number of carbonyl (C=O) groups excluding carboxylic acids is 1. The number of methoxy groups -OCH3 is 1. The fraction of sp³-hybridized carbons (Fsp3) is 0.548. The van der Waals surface area contributed by atoms with Gasteiger partial charge in [-0.3, -0.25) is 14.7 Å². The number of anilines is 1. The molecule has 0 aliphatic heterocycles. The van der Waals surface area contributed by atoms with Gasteiger partial charge in [-0.15, -0.1) is 0 Å². The number of rotatable bonds is 8. The first-order chi connectivity index (χ1) is 18.6. The Morgan fingerprint density at radius 2 is 1.84 bits per heavy atom. The highest BCUT2D eigenvalue weighted by Crippen LogP contribution is 2.37. The molecule has 0 atom stereocenters. The number of nitrogens with zero attached hydrogens (tertiary/aromatic N) is 4. The molecule has 0 saturated heterocycles. The summed E-state index contributed by atoms with van der Waals surface area (Å²) >= 11 is 0. The van der Waals surface area contributed by atoms with Gasteiger partial charge in [-0.2, -0.15) is 0 Å². The van der Waals surface area contributed by atoms with Gasteiger partial charge in [0, 0.05) is 42.3 Å². The third kappa shape index (κ3) is 5.92. The molecule has 1 amide bonds. The number of pyridine rings is 2. The van der Waals surface area contributed by atoms with Crippen LogP contribution in [0, 0.1) is 18.8 Å². The van der Waals surface area contributed by atoms with Crippen molar-refractivity contribution in [3.63, 3.8) is 0 Å². The number of ether oxygens (including phenoxy) is 1. The third-order valence-electron chi connectivity index (χ3n) is 8.38. The van der Waals surface area contributed by atoms with Crippen LogP contribution in [0.5, 0.6) is 5.75 Å². The van der Waals surface area contributed by atoms with Gasteiger partial charge in [-0.25, -0.2) is 9.97 Å². The molecule has 0 radical (unpaired) electrons. The van der Waals surface area contributed by atoms with E-state index in [1.165, 1.54) is 6.42 Å². The van der Waals surface area contributed by atoms with Crippen LogP contribution in [0.15, 0.2) is 41.1 Å². The van der Waals surface area contributed by atoms with E-state index in [1.807, 2.05) is 36.9 Å². The molecule has 0 bridgehead atoms. The lowest BCUT2D eigenvalue weighted by atomic mass is 9.79. The van der Waals surface area contributed by atoms with Crippen LogP contribution in [-0.2, 0) is 11.2 Å². The van der Waals surface area contributed by atoms with Gasteiger partial charge in [-0.1, -0.05) is 26.2 Å². The van der Waals surface area contributed by atoms with Crippen LogP contribution in [0.25, 0.3) is 11.3 Å². The second-order valence-electron chi connectivity index (χ2n) is 10.9. The summed E-state index contributed by atoms with van der Waals surface area (Å²) in [4.78, 5) is 30.0. The first kappa shape index (κ1) is 26.4. The minimum Gasteiger partial charge on any atom is -0.495 e. The van der Waals surface area contributed by atoms with Gasteiger partial charge < -0.3 is 9.15 Å². The third-order valence-corrected chi connectivity index (χ3v) is 8.38. The Bertz CT molecular complexity index is 1230. The molecular weight excluding hydrogens is 476 g/mol. The lowest BCUT2D eigenvalue weighted by Gasteiger charge is -2.34. The molecule has 7 nitrogen and oxygen atoms in total. The van der Waals surface area contributed by atoms with Gasteiger partial charge in [0.25, 0.3) is 0 Å². The molecule has 7 heteroatoms. The largest absolute Gasteiger partial charge is 0.495 e. The molecule has 38 heavy (non-hydrogen) atoms. The van der Waals surface area contributed by atoms with Crippen LogP contribution in [0.4, 0.5) is 5.82 Å². The summed E-state index contributed by atoms with van der Waals surface area (Å²) in [6.07, 6.45) is 14.0. The maximum Gasteiger partial charge on any atom is 0.231 e. The lowest BCUT2D eigenvalue weighted by Crippen LogP contribution is -2.41. The highest BCUT2D eigenvalue weighted by molar-refractivity contribution is 5.94. The van der Waals surface area contributed by atoms with Crippen molar-refractivity contribution >= 4 is 11.7 Å². The van der Waals surface area contributed by atoms with E-state index in [2.05, 4.69) is 16.0 Å². The van der Waals surface area contributed by atoms with Gasteiger partial charge in [0.1, 0.15) is 23.5 Å². The monoisotopic (exact) mass is 516 g/mol. The zero-order valence-corrected chi connectivity index (χ0v) is 23.0. The topological polar surface area (TPSA) is 81.4 Å². The predicted octanol–water partition coefficient (Wildman–Crippen LogP) is 6.90. The fourth-order valence-corrected chi connectivity index (χ4v) is 6.11. The molecule has 2 fully saturated rings. The van der Waals surface area contributed by atoms with E-state index in [9.17, 15) is 4.79 Å². The predicted molar refractivity (Wildman–Crippen MR) is 148 cm³/mol. The molecule has 3 aromatic heterocycles. The molecule has 2 aliphatic carbocycles. The highest BCUT2D eigenvalue weighted by Gasteiger charge is 2.32. The Labute approximate surface area is 226 Å². The Morgan fingerprint density at radius 1 is 1.05 bits per heavy atom. The van der Waals surface area contributed by atoms with Crippen LogP contribution in [-0.4, -0.2) is 34.5 Å². The van der Waals surface area contributed by atoms with Crippen LogP contribution < -0.4 is 9.64 Å². The lowest BCUT2D eigenvalue weighted by molar-refractivity contribution is -0.123. The van der Waals surface area contributed by atoms with Gasteiger partial charge in [0.15, 0.2) is 5.89 Å². The van der Waals surface area contributed by atoms with Crippen molar-refractivity contribution in [2.45, 2.75) is 84.0 Å². The molecule has 0 N–H and O–H groups in total. The Hall–Kier alpha value is -3.22. The van der Waals surface area contributed by atoms with E-state index in [0.29, 0.717) is 24.3 Å². The van der Waals surface area contributed by atoms with Crippen molar-refractivity contribution < 1.29 is 13.9 Å². The van der Waals surface area contributed by atoms with Crippen molar-refractivity contribution in [1.29, 1.82) is 0 Å². The zero-order chi connectivity index (χ0) is 26.5. The van der Waals surface area contributed by atoms with Crippen molar-refractivity contribution in [3.05, 3.63) is 54.0 Å². The molecule has 3 aromatic rings. The first-order valence-electron chi connectivity index (χ1n) is 14.3. The first-order valence-corrected chi connectivity index (χ1v) is 14.3. The number of hydrogen-bond donors (Lipinski definition) is 0. The average Bonchev–Trinajstić information content (AvgIpc) is 3.46. The molecule has 0 unspecified atom stereocenters. The number of aryl methyl sites for hydroxylation is 2. The summed E-state index contributed by atoms with van der Waals surface area (Å²) in [6.45, 7) is 4.75. The minimum absolute atomic E-state index is 0.0933. The van der Waals surface area contributed by atoms with E-state index in [4.69, 9.17) is 14.1 Å². The van der Waals surface area contributed by atoms with Crippen LogP contribution in [0.2, 0.25) is 0 Å². The number of oxazole rings is 1. The van der Waals surface area contributed by atoms with E-state index >= 15 is 0 Å². The maximum atomic E-state index is 13.9. The molecule has 202 valence electrons. The standard InChI is InChI=1S/C31H40N4O3/c1-4-30-34-27(20-38-30)25-16-17-32-29(18-25)35(31(36)24-8-6-5-7-9-24)19-22-10-12-23(13-11-22)26-14-15-28(37-3)21(2)33-26/h14-18,20,22-24H,4-13,19H2,1-3H3. The van der Waals surface area contributed by atoms with E-state index < -0.39 is 0 Å². The summed E-state index contributed by atoms with van der Waals surface area (Å²) in [7, 11) is 1.69. The number of carbonyl (C=O) groups is 1. The zero-order valence-electron chi connectivity index (χ0n) is 23.0. The minimum atomic E-state index is 0.0933. The highest BCUT2D eigenvalue weighted by atomic mass is 16.5. The van der Waals surface area contributed by atoms with Crippen molar-refractivity contribution in [1.82, 2.24) is 15.0 Å². The van der Waals surface area contributed by atoms with Crippen LogP contribution in [0.1, 0.15) is 87.9 Å². The smallest absolute Gasteiger partial charge is 0.231 e. The molecule has 5 rings (SSSR count). The second-order valence-corrected chi connectivity index (χ2v) is 10.9. The van der Waals surface area contributed by atoms with E-state index in [1.54, 1.807) is 19.6 Å². The molecule has 2 saturated carbocycles. The van der Waals surface area contributed by atoms with Gasteiger partial charge in [0.05, 0.1) is 12.8 Å². The molecular formula is C31H40N4O3.